The Hall–Kier alpha value is -1.31. The van der Waals surface area contributed by atoms with Gasteiger partial charge in [-0.1, -0.05) is 24.9 Å². The Labute approximate surface area is 136 Å². The van der Waals surface area contributed by atoms with E-state index < -0.39 is 15.9 Å². The summed E-state index contributed by atoms with van der Waals surface area (Å²) in [5.41, 5.74) is 0.406. The van der Waals surface area contributed by atoms with E-state index in [1.165, 1.54) is 7.11 Å². The van der Waals surface area contributed by atoms with Crippen LogP contribution in [0.15, 0.2) is 18.2 Å². The molecule has 0 saturated carbocycles. The molecule has 1 aromatic carbocycles. The molecule has 1 N–H and O–H groups in total. The van der Waals surface area contributed by atoms with Crippen LogP contribution in [0.4, 0.5) is 5.69 Å². The lowest BCUT2D eigenvalue weighted by Gasteiger charge is -2.19. The van der Waals surface area contributed by atoms with Crippen LogP contribution in [0.3, 0.4) is 0 Å². The van der Waals surface area contributed by atoms with E-state index in [1.807, 2.05) is 6.92 Å². The van der Waals surface area contributed by atoms with Crippen molar-refractivity contribution in [2.45, 2.75) is 19.8 Å². The van der Waals surface area contributed by atoms with Crippen LogP contribution in [-0.2, 0) is 14.8 Å². The molecule has 8 heteroatoms. The lowest BCUT2D eigenvalue weighted by atomic mass is 10.3. The number of hydrogen-bond donors (Lipinski definition) is 1. The Balaban J connectivity index is 2.81. The number of ether oxygens (including phenoxy) is 1. The van der Waals surface area contributed by atoms with E-state index in [4.69, 9.17) is 16.3 Å². The molecule has 22 heavy (non-hydrogen) atoms. The topological polar surface area (TPSA) is 75.7 Å². The summed E-state index contributed by atoms with van der Waals surface area (Å²) in [7, 11) is -1.96. The summed E-state index contributed by atoms with van der Waals surface area (Å²) in [6.45, 7) is 2.03. The first-order valence-electron chi connectivity index (χ1n) is 6.86. The van der Waals surface area contributed by atoms with Crippen LogP contribution in [0.5, 0.6) is 5.75 Å². The number of carbonyl (C=O) groups is 1. The zero-order valence-electron chi connectivity index (χ0n) is 12.9. The van der Waals surface area contributed by atoms with E-state index in [2.05, 4.69) is 5.32 Å². The molecule has 0 spiro atoms. The normalized spacial score (nSPS) is 11.5. The number of anilines is 1. The zero-order chi connectivity index (χ0) is 16.8. The van der Waals surface area contributed by atoms with Crippen LogP contribution in [0, 0.1) is 0 Å². The van der Waals surface area contributed by atoms with Gasteiger partial charge < -0.3 is 10.1 Å². The van der Waals surface area contributed by atoms with Gasteiger partial charge >= 0.3 is 0 Å². The summed E-state index contributed by atoms with van der Waals surface area (Å²) in [5.74, 6) is 0.0132. The molecule has 124 valence electrons. The van der Waals surface area contributed by atoms with E-state index in [0.717, 1.165) is 17.0 Å². The first kappa shape index (κ1) is 18.7. The van der Waals surface area contributed by atoms with Crippen LogP contribution < -0.4 is 10.1 Å². The van der Waals surface area contributed by atoms with Crippen molar-refractivity contribution in [2.75, 3.05) is 31.8 Å². The molecular formula is C14H21ClN2O4S. The second kappa shape index (κ2) is 8.36. The summed E-state index contributed by atoms with van der Waals surface area (Å²) >= 11 is 5.89. The van der Waals surface area contributed by atoms with E-state index in [-0.39, 0.29) is 6.54 Å². The van der Waals surface area contributed by atoms with Crippen LogP contribution in [0.1, 0.15) is 19.8 Å². The number of benzene rings is 1. The quantitative estimate of drug-likeness (QED) is 0.782. The molecule has 0 unspecified atom stereocenters. The van der Waals surface area contributed by atoms with E-state index in [1.54, 1.807) is 18.2 Å². The molecular weight excluding hydrogens is 328 g/mol. The predicted octanol–water partition coefficient (Wildman–Crippen LogP) is 2.35. The van der Waals surface area contributed by atoms with Gasteiger partial charge in [0.1, 0.15) is 5.75 Å². The summed E-state index contributed by atoms with van der Waals surface area (Å²) in [6.07, 6.45) is 2.63. The van der Waals surface area contributed by atoms with Gasteiger partial charge in [-0.15, -0.1) is 0 Å². The number of unbranched alkanes of at least 4 members (excludes halogenated alkanes) is 1. The van der Waals surface area contributed by atoms with E-state index in [9.17, 15) is 13.2 Å². The Morgan fingerprint density at radius 3 is 2.64 bits per heavy atom. The van der Waals surface area contributed by atoms with Crippen molar-refractivity contribution < 1.29 is 17.9 Å². The van der Waals surface area contributed by atoms with Crippen molar-refractivity contribution in [3.63, 3.8) is 0 Å². The van der Waals surface area contributed by atoms with Gasteiger partial charge in [0, 0.05) is 11.6 Å². The maximum Gasteiger partial charge on any atom is 0.239 e. The minimum Gasteiger partial charge on any atom is -0.495 e. The monoisotopic (exact) mass is 348 g/mol. The van der Waals surface area contributed by atoms with Crippen molar-refractivity contribution in [1.29, 1.82) is 0 Å². The standard InChI is InChI=1S/C14H21ClN2O4S/c1-4-5-8-17(22(3,19)20)10-14(18)16-12-9-11(15)6-7-13(12)21-2/h6-7,9H,4-5,8,10H2,1-3H3,(H,16,18). The maximum absolute atomic E-state index is 12.1. The van der Waals surface area contributed by atoms with Gasteiger partial charge in [0.2, 0.25) is 15.9 Å². The highest BCUT2D eigenvalue weighted by atomic mass is 35.5. The van der Waals surface area contributed by atoms with Crippen LogP contribution in [0.2, 0.25) is 5.02 Å². The molecule has 0 bridgehead atoms. The highest BCUT2D eigenvalue weighted by Gasteiger charge is 2.20. The number of sulfonamides is 1. The minimum atomic E-state index is -3.43. The molecule has 0 aromatic heterocycles. The number of amides is 1. The third-order valence-corrected chi connectivity index (χ3v) is 4.47. The summed E-state index contributed by atoms with van der Waals surface area (Å²) in [5, 5.41) is 3.07. The average molecular weight is 349 g/mol. The lowest BCUT2D eigenvalue weighted by Crippen LogP contribution is -2.38. The number of methoxy groups -OCH3 is 1. The predicted molar refractivity (Wildman–Crippen MR) is 88.0 cm³/mol. The number of rotatable bonds is 8. The molecule has 0 atom stereocenters. The summed E-state index contributed by atoms with van der Waals surface area (Å²) in [4.78, 5) is 12.1. The Morgan fingerprint density at radius 1 is 1.41 bits per heavy atom. The summed E-state index contributed by atoms with van der Waals surface area (Å²) in [6, 6.07) is 4.82. The molecule has 0 aliphatic heterocycles. The first-order chi connectivity index (χ1) is 10.3. The highest BCUT2D eigenvalue weighted by molar-refractivity contribution is 7.88. The van der Waals surface area contributed by atoms with Gasteiger partial charge in [-0.05, 0) is 24.6 Å². The van der Waals surface area contributed by atoms with Crippen molar-refractivity contribution in [2.24, 2.45) is 0 Å². The molecule has 1 aromatic rings. The number of nitrogens with one attached hydrogen (secondary N) is 1. The van der Waals surface area contributed by atoms with Gasteiger partial charge in [0.25, 0.3) is 0 Å². The fourth-order valence-electron chi connectivity index (χ4n) is 1.82. The van der Waals surface area contributed by atoms with Crippen molar-refractivity contribution >= 4 is 33.2 Å². The number of nitrogens with zero attached hydrogens (tertiary/aromatic N) is 1. The molecule has 0 aliphatic rings. The van der Waals surface area contributed by atoms with Crippen molar-refractivity contribution in [1.82, 2.24) is 4.31 Å². The van der Waals surface area contributed by atoms with Gasteiger partial charge in [-0.2, -0.15) is 4.31 Å². The largest absolute Gasteiger partial charge is 0.495 e. The number of carbonyl (C=O) groups excluding carboxylic acids is 1. The smallest absolute Gasteiger partial charge is 0.239 e. The Bertz CT molecular complexity index is 619. The second-order valence-electron chi connectivity index (χ2n) is 4.84. The van der Waals surface area contributed by atoms with Crippen molar-refractivity contribution in [3.05, 3.63) is 23.2 Å². The van der Waals surface area contributed by atoms with Gasteiger partial charge in [-0.25, -0.2) is 8.42 Å². The average Bonchev–Trinajstić information content (AvgIpc) is 2.42. The number of halogens is 1. The number of hydrogen-bond acceptors (Lipinski definition) is 4. The molecule has 1 rings (SSSR count). The van der Waals surface area contributed by atoms with Gasteiger partial charge in [0.05, 0.1) is 25.6 Å². The second-order valence-corrected chi connectivity index (χ2v) is 7.26. The van der Waals surface area contributed by atoms with Gasteiger partial charge in [-0.3, -0.25) is 4.79 Å². The summed E-state index contributed by atoms with van der Waals surface area (Å²) < 4.78 is 29.7. The SMILES string of the molecule is CCCCN(CC(=O)Nc1cc(Cl)ccc1OC)S(C)(=O)=O. The van der Waals surface area contributed by atoms with E-state index in [0.29, 0.717) is 29.4 Å². The van der Waals surface area contributed by atoms with Crippen LogP contribution in [0.25, 0.3) is 0 Å². The molecule has 6 nitrogen and oxygen atoms in total. The van der Waals surface area contributed by atoms with Crippen molar-refractivity contribution in [3.8, 4) is 5.75 Å². The highest BCUT2D eigenvalue weighted by Crippen LogP contribution is 2.27. The first-order valence-corrected chi connectivity index (χ1v) is 9.09. The fraction of sp³-hybridized carbons (Fsp3) is 0.500. The molecule has 0 saturated heterocycles. The third-order valence-electron chi connectivity index (χ3n) is 2.99. The maximum atomic E-state index is 12.1. The van der Waals surface area contributed by atoms with Crippen LogP contribution >= 0.6 is 11.6 Å². The molecule has 0 aliphatic carbocycles. The Kier molecular flexibility index (Phi) is 7.12. The Morgan fingerprint density at radius 2 is 2.09 bits per heavy atom. The fourth-order valence-corrected chi connectivity index (χ4v) is 2.81. The van der Waals surface area contributed by atoms with Crippen LogP contribution in [-0.4, -0.2) is 45.1 Å². The van der Waals surface area contributed by atoms with E-state index >= 15 is 0 Å². The molecule has 0 radical (unpaired) electrons. The van der Waals surface area contributed by atoms with Gasteiger partial charge in [0.15, 0.2) is 0 Å². The molecule has 1 amide bonds. The molecule has 0 heterocycles. The lowest BCUT2D eigenvalue weighted by molar-refractivity contribution is -0.116. The molecule has 0 fully saturated rings. The third kappa shape index (κ3) is 5.82. The minimum absolute atomic E-state index is 0.242. The zero-order valence-corrected chi connectivity index (χ0v) is 14.5.